The molecule has 2 aliphatic rings. The van der Waals surface area contributed by atoms with Crippen LogP contribution in [-0.4, -0.2) is 16.0 Å². The fourth-order valence-electron chi connectivity index (χ4n) is 1.91. The van der Waals surface area contributed by atoms with E-state index in [4.69, 9.17) is 0 Å². The summed E-state index contributed by atoms with van der Waals surface area (Å²) in [5.41, 5.74) is 1.14. The van der Waals surface area contributed by atoms with Gasteiger partial charge in [0.15, 0.2) is 0 Å². The first-order valence-corrected chi connectivity index (χ1v) is 5.88. The van der Waals surface area contributed by atoms with Crippen molar-refractivity contribution in [3.05, 3.63) is 23.8 Å². The lowest BCUT2D eigenvalue weighted by Gasteiger charge is -2.03. The molecule has 2 aliphatic carbocycles. The first-order chi connectivity index (χ1) is 7.33. The normalized spacial score (nSPS) is 29.1. The fraction of sp³-hybridized carbons (Fsp3) is 0.667. The number of nitrogens with one attached hydrogen (secondary N) is 1. The van der Waals surface area contributed by atoms with E-state index in [9.17, 15) is 0 Å². The van der Waals surface area contributed by atoms with Crippen LogP contribution in [0.4, 0.5) is 0 Å². The third-order valence-electron chi connectivity index (χ3n) is 3.32. The van der Waals surface area contributed by atoms with Gasteiger partial charge in [-0.1, -0.05) is 6.92 Å². The Morgan fingerprint density at radius 3 is 2.93 bits per heavy atom. The zero-order chi connectivity index (χ0) is 10.3. The number of hydrogen-bond acceptors (Lipinski definition) is 3. The molecule has 2 saturated carbocycles. The van der Waals surface area contributed by atoms with E-state index in [-0.39, 0.29) is 0 Å². The maximum Gasteiger partial charge on any atom is 0.131 e. The summed E-state index contributed by atoms with van der Waals surface area (Å²) in [6.07, 6.45) is 5.83. The number of aromatic nitrogens is 2. The lowest BCUT2D eigenvalue weighted by molar-refractivity contribution is 0.665. The Morgan fingerprint density at radius 1 is 1.47 bits per heavy atom. The van der Waals surface area contributed by atoms with Crippen molar-refractivity contribution < 1.29 is 0 Å². The summed E-state index contributed by atoms with van der Waals surface area (Å²) >= 11 is 0. The van der Waals surface area contributed by atoms with E-state index in [1.165, 1.54) is 19.3 Å². The van der Waals surface area contributed by atoms with Gasteiger partial charge in [0.25, 0.3) is 0 Å². The van der Waals surface area contributed by atoms with Crippen LogP contribution in [0.15, 0.2) is 12.3 Å². The molecule has 2 fully saturated rings. The van der Waals surface area contributed by atoms with Crippen molar-refractivity contribution in [1.29, 1.82) is 0 Å². The minimum atomic E-state index is 0.630. The van der Waals surface area contributed by atoms with E-state index in [1.54, 1.807) is 0 Å². The second kappa shape index (κ2) is 3.56. The van der Waals surface area contributed by atoms with E-state index in [0.717, 1.165) is 30.0 Å². The second-order valence-corrected chi connectivity index (χ2v) is 4.88. The molecule has 1 aromatic rings. The molecule has 3 heteroatoms. The van der Waals surface area contributed by atoms with Gasteiger partial charge in [0.05, 0.1) is 5.69 Å². The highest BCUT2D eigenvalue weighted by atomic mass is 15.0. The van der Waals surface area contributed by atoms with Crippen molar-refractivity contribution in [2.75, 3.05) is 0 Å². The molecule has 0 saturated heterocycles. The summed E-state index contributed by atoms with van der Waals surface area (Å²) < 4.78 is 0. The number of nitrogens with zero attached hydrogens (tertiary/aromatic N) is 2. The van der Waals surface area contributed by atoms with Gasteiger partial charge in [-0.3, -0.25) is 0 Å². The standard InChI is InChI=1S/C12H17N3/c1-8-6-11(8)12-13-5-4-10(15-12)7-14-9-2-3-9/h4-5,8-9,11,14H,2-3,6-7H2,1H3. The summed E-state index contributed by atoms with van der Waals surface area (Å²) in [6.45, 7) is 3.17. The van der Waals surface area contributed by atoms with Gasteiger partial charge in [-0.05, 0) is 31.2 Å². The maximum atomic E-state index is 4.61. The van der Waals surface area contributed by atoms with Crippen LogP contribution in [0.1, 0.15) is 43.6 Å². The molecule has 1 heterocycles. The van der Waals surface area contributed by atoms with Gasteiger partial charge in [-0.15, -0.1) is 0 Å². The molecule has 3 nitrogen and oxygen atoms in total. The Hall–Kier alpha value is -0.960. The van der Waals surface area contributed by atoms with Gasteiger partial charge in [-0.2, -0.15) is 0 Å². The van der Waals surface area contributed by atoms with Crippen molar-refractivity contribution in [2.45, 2.75) is 44.7 Å². The van der Waals surface area contributed by atoms with Crippen molar-refractivity contribution in [3.8, 4) is 0 Å². The first kappa shape index (κ1) is 9.28. The third-order valence-corrected chi connectivity index (χ3v) is 3.32. The minimum absolute atomic E-state index is 0.630. The van der Waals surface area contributed by atoms with Crippen molar-refractivity contribution in [3.63, 3.8) is 0 Å². The van der Waals surface area contributed by atoms with E-state index >= 15 is 0 Å². The third kappa shape index (κ3) is 2.17. The number of hydrogen-bond donors (Lipinski definition) is 1. The molecule has 0 aromatic carbocycles. The Kier molecular flexibility index (Phi) is 2.20. The van der Waals surface area contributed by atoms with Gasteiger partial charge >= 0.3 is 0 Å². The fourth-order valence-corrected chi connectivity index (χ4v) is 1.91. The maximum absolute atomic E-state index is 4.61. The molecule has 1 N–H and O–H groups in total. The molecular formula is C12H17N3. The summed E-state index contributed by atoms with van der Waals surface area (Å²) in [5, 5.41) is 3.48. The molecule has 0 amide bonds. The monoisotopic (exact) mass is 203 g/mol. The molecule has 0 bridgehead atoms. The summed E-state index contributed by atoms with van der Waals surface area (Å²) in [7, 11) is 0. The lowest BCUT2D eigenvalue weighted by atomic mass is 10.3. The predicted molar refractivity (Wildman–Crippen MR) is 58.4 cm³/mol. The highest BCUT2D eigenvalue weighted by Crippen LogP contribution is 2.45. The minimum Gasteiger partial charge on any atom is -0.308 e. The SMILES string of the molecule is CC1CC1c1nccc(CNC2CC2)n1. The van der Waals surface area contributed by atoms with Crippen LogP contribution >= 0.6 is 0 Å². The predicted octanol–water partition coefficient (Wildman–Crippen LogP) is 1.85. The van der Waals surface area contributed by atoms with E-state index < -0.39 is 0 Å². The Balaban J connectivity index is 1.65. The Labute approximate surface area is 90.3 Å². The molecule has 2 unspecified atom stereocenters. The van der Waals surface area contributed by atoms with E-state index in [2.05, 4.69) is 22.2 Å². The second-order valence-electron chi connectivity index (χ2n) is 4.88. The van der Waals surface area contributed by atoms with Crippen LogP contribution in [0.25, 0.3) is 0 Å². The smallest absolute Gasteiger partial charge is 0.131 e. The molecule has 15 heavy (non-hydrogen) atoms. The molecule has 0 radical (unpaired) electrons. The Morgan fingerprint density at radius 2 is 2.27 bits per heavy atom. The van der Waals surface area contributed by atoms with Crippen LogP contribution in [-0.2, 0) is 6.54 Å². The zero-order valence-corrected chi connectivity index (χ0v) is 9.11. The summed E-state index contributed by atoms with van der Waals surface area (Å²) in [6, 6.07) is 2.77. The van der Waals surface area contributed by atoms with E-state index in [0.29, 0.717) is 5.92 Å². The van der Waals surface area contributed by atoms with Gasteiger partial charge < -0.3 is 5.32 Å². The lowest BCUT2D eigenvalue weighted by Crippen LogP contribution is -2.16. The summed E-state index contributed by atoms with van der Waals surface area (Å²) in [5.74, 6) is 2.47. The van der Waals surface area contributed by atoms with Crippen LogP contribution < -0.4 is 5.32 Å². The van der Waals surface area contributed by atoms with Gasteiger partial charge in [0.1, 0.15) is 5.82 Å². The molecule has 0 spiro atoms. The average Bonchev–Trinajstić information content (AvgIpc) is 3.12. The van der Waals surface area contributed by atoms with Crippen molar-refractivity contribution in [1.82, 2.24) is 15.3 Å². The average molecular weight is 203 g/mol. The van der Waals surface area contributed by atoms with Crippen molar-refractivity contribution >= 4 is 0 Å². The topological polar surface area (TPSA) is 37.8 Å². The highest BCUT2D eigenvalue weighted by molar-refractivity contribution is 5.12. The largest absolute Gasteiger partial charge is 0.308 e. The van der Waals surface area contributed by atoms with Gasteiger partial charge in [-0.25, -0.2) is 9.97 Å². The number of rotatable bonds is 4. The zero-order valence-electron chi connectivity index (χ0n) is 9.11. The highest BCUT2D eigenvalue weighted by Gasteiger charge is 2.36. The van der Waals surface area contributed by atoms with Crippen LogP contribution in [0.2, 0.25) is 0 Å². The molecule has 3 rings (SSSR count). The molecule has 0 aliphatic heterocycles. The van der Waals surface area contributed by atoms with Gasteiger partial charge in [0, 0.05) is 24.7 Å². The quantitative estimate of drug-likeness (QED) is 0.811. The summed E-state index contributed by atoms with van der Waals surface area (Å²) in [4.78, 5) is 8.97. The molecule has 80 valence electrons. The molecule has 2 atom stereocenters. The molecular weight excluding hydrogens is 186 g/mol. The van der Waals surface area contributed by atoms with Crippen LogP contribution in [0.3, 0.4) is 0 Å². The van der Waals surface area contributed by atoms with Crippen LogP contribution in [0, 0.1) is 5.92 Å². The van der Waals surface area contributed by atoms with Crippen LogP contribution in [0.5, 0.6) is 0 Å². The first-order valence-electron chi connectivity index (χ1n) is 5.88. The molecule has 1 aromatic heterocycles. The Bertz CT molecular complexity index is 360. The van der Waals surface area contributed by atoms with Crippen molar-refractivity contribution in [2.24, 2.45) is 5.92 Å². The van der Waals surface area contributed by atoms with E-state index in [1.807, 2.05) is 12.3 Å². The van der Waals surface area contributed by atoms with Gasteiger partial charge in [0.2, 0.25) is 0 Å².